The Labute approximate surface area is 119 Å². The Morgan fingerprint density at radius 1 is 1.48 bits per heavy atom. The summed E-state index contributed by atoms with van der Waals surface area (Å²) in [6, 6.07) is 5.26. The van der Waals surface area contributed by atoms with Crippen molar-refractivity contribution in [2.45, 2.75) is 12.8 Å². The number of rotatable bonds is 5. The fraction of sp³-hybridized carbons (Fsp3) is 0.308. The van der Waals surface area contributed by atoms with Gasteiger partial charge in [0.1, 0.15) is 6.07 Å². The molecule has 1 amide bonds. The number of nitriles is 1. The van der Waals surface area contributed by atoms with Crippen LogP contribution in [0.1, 0.15) is 18.4 Å². The monoisotopic (exact) mass is 289 g/mol. The first-order chi connectivity index (χ1) is 10.0. The molecule has 0 heterocycles. The number of esters is 1. The van der Waals surface area contributed by atoms with Crippen molar-refractivity contribution in [3.05, 3.63) is 33.9 Å². The number of carbonyl (C=O) groups excluding carboxylic acids is 2. The summed E-state index contributed by atoms with van der Waals surface area (Å²) in [5.41, 5.74) is -0.147. The van der Waals surface area contributed by atoms with Crippen LogP contribution in [0, 0.1) is 27.4 Å². The molecule has 1 aromatic rings. The number of benzene rings is 1. The first-order valence-corrected chi connectivity index (χ1v) is 6.16. The van der Waals surface area contributed by atoms with Gasteiger partial charge in [0, 0.05) is 12.1 Å². The average Bonchev–Trinajstić information content (AvgIpc) is 3.29. The number of ether oxygens (including phenoxy) is 1. The Kier molecular flexibility index (Phi) is 4.13. The minimum atomic E-state index is -0.635. The third kappa shape index (κ3) is 3.76. The quantitative estimate of drug-likeness (QED) is 0.496. The molecule has 8 nitrogen and oxygen atoms in total. The summed E-state index contributed by atoms with van der Waals surface area (Å²) in [6.45, 7) is -0.447. The zero-order valence-electron chi connectivity index (χ0n) is 10.9. The van der Waals surface area contributed by atoms with E-state index in [-0.39, 0.29) is 22.9 Å². The summed E-state index contributed by atoms with van der Waals surface area (Å²) in [4.78, 5) is 32.9. The van der Waals surface area contributed by atoms with Gasteiger partial charge in [-0.25, -0.2) is 0 Å². The molecular formula is C13H11N3O5. The molecule has 1 aromatic carbocycles. The standard InChI is InChI=1S/C13H11N3O5/c14-6-9-5-10(16(19)20)3-4-11(9)15-12(17)7-21-13(18)8-1-2-8/h3-5,8H,1-2,7H2,(H,15,17). The molecule has 0 atom stereocenters. The van der Waals surface area contributed by atoms with E-state index >= 15 is 0 Å². The Balaban J connectivity index is 1.98. The average molecular weight is 289 g/mol. The fourth-order valence-electron chi connectivity index (χ4n) is 1.61. The topological polar surface area (TPSA) is 122 Å². The number of hydrogen-bond acceptors (Lipinski definition) is 6. The maximum Gasteiger partial charge on any atom is 0.309 e. The highest BCUT2D eigenvalue weighted by atomic mass is 16.6. The first-order valence-electron chi connectivity index (χ1n) is 6.16. The number of nitro groups is 1. The molecule has 0 unspecified atom stereocenters. The van der Waals surface area contributed by atoms with Crippen LogP contribution in [0.2, 0.25) is 0 Å². The van der Waals surface area contributed by atoms with Crippen LogP contribution < -0.4 is 5.32 Å². The summed E-state index contributed by atoms with van der Waals surface area (Å²) in [5.74, 6) is -1.12. The molecule has 1 aliphatic rings. The molecule has 0 aliphatic heterocycles. The number of hydrogen-bond donors (Lipinski definition) is 1. The number of nitrogens with zero attached hydrogens (tertiary/aromatic N) is 2. The molecule has 1 saturated carbocycles. The number of non-ortho nitro benzene ring substituents is 1. The SMILES string of the molecule is N#Cc1cc([N+](=O)[O-])ccc1NC(=O)COC(=O)C1CC1. The molecule has 0 aromatic heterocycles. The zero-order valence-corrected chi connectivity index (χ0v) is 10.9. The van der Waals surface area contributed by atoms with Crippen LogP contribution >= 0.6 is 0 Å². The lowest BCUT2D eigenvalue weighted by Crippen LogP contribution is -2.21. The van der Waals surface area contributed by atoms with Crippen LogP contribution in [0.15, 0.2) is 18.2 Å². The van der Waals surface area contributed by atoms with E-state index in [1.54, 1.807) is 6.07 Å². The number of carbonyl (C=O) groups is 2. The van der Waals surface area contributed by atoms with Gasteiger partial charge in [0.05, 0.1) is 22.1 Å². The third-order valence-electron chi connectivity index (χ3n) is 2.86. The van der Waals surface area contributed by atoms with Crippen molar-refractivity contribution in [1.29, 1.82) is 5.26 Å². The van der Waals surface area contributed by atoms with Crippen molar-refractivity contribution in [3.8, 4) is 6.07 Å². The summed E-state index contributed by atoms with van der Waals surface area (Å²) < 4.78 is 4.79. The first kappa shape index (κ1) is 14.5. The lowest BCUT2D eigenvalue weighted by atomic mass is 10.1. The molecule has 1 N–H and O–H groups in total. The van der Waals surface area contributed by atoms with E-state index in [2.05, 4.69) is 5.32 Å². The van der Waals surface area contributed by atoms with Gasteiger partial charge in [0.15, 0.2) is 6.61 Å². The highest BCUT2D eigenvalue weighted by Crippen LogP contribution is 2.30. The van der Waals surface area contributed by atoms with Crippen molar-refractivity contribution in [3.63, 3.8) is 0 Å². The maximum atomic E-state index is 11.6. The van der Waals surface area contributed by atoms with E-state index < -0.39 is 23.4 Å². The van der Waals surface area contributed by atoms with E-state index in [0.29, 0.717) is 0 Å². The van der Waals surface area contributed by atoms with Crippen molar-refractivity contribution < 1.29 is 19.2 Å². The summed E-state index contributed by atoms with van der Waals surface area (Å²) in [6.07, 6.45) is 1.56. The van der Waals surface area contributed by atoms with E-state index in [1.165, 1.54) is 12.1 Å². The molecule has 1 aliphatic carbocycles. The van der Waals surface area contributed by atoms with Crippen LogP contribution in [0.3, 0.4) is 0 Å². The molecule has 21 heavy (non-hydrogen) atoms. The van der Waals surface area contributed by atoms with Crippen LogP contribution in [0.4, 0.5) is 11.4 Å². The minimum absolute atomic E-state index is 0.0360. The molecular weight excluding hydrogens is 278 g/mol. The summed E-state index contributed by atoms with van der Waals surface area (Å²) in [7, 11) is 0. The second-order valence-electron chi connectivity index (χ2n) is 4.53. The van der Waals surface area contributed by atoms with Crippen molar-refractivity contribution in [2.24, 2.45) is 5.92 Å². The van der Waals surface area contributed by atoms with Gasteiger partial charge in [-0.05, 0) is 18.9 Å². The zero-order chi connectivity index (χ0) is 15.4. The number of anilines is 1. The van der Waals surface area contributed by atoms with Crippen LogP contribution in [-0.2, 0) is 14.3 Å². The highest BCUT2D eigenvalue weighted by molar-refractivity contribution is 5.94. The van der Waals surface area contributed by atoms with Gasteiger partial charge >= 0.3 is 5.97 Å². The smallest absolute Gasteiger partial charge is 0.309 e. The minimum Gasteiger partial charge on any atom is -0.455 e. The van der Waals surface area contributed by atoms with Crippen molar-refractivity contribution >= 4 is 23.3 Å². The molecule has 0 bridgehead atoms. The van der Waals surface area contributed by atoms with Gasteiger partial charge in [-0.3, -0.25) is 19.7 Å². The van der Waals surface area contributed by atoms with Gasteiger partial charge < -0.3 is 10.1 Å². The predicted molar refractivity (Wildman–Crippen MR) is 70.1 cm³/mol. The van der Waals surface area contributed by atoms with Crippen LogP contribution in [0.25, 0.3) is 0 Å². The molecule has 0 saturated heterocycles. The third-order valence-corrected chi connectivity index (χ3v) is 2.86. The second-order valence-corrected chi connectivity index (χ2v) is 4.53. The Morgan fingerprint density at radius 2 is 2.19 bits per heavy atom. The Hall–Kier alpha value is -2.95. The number of nitrogens with one attached hydrogen (secondary N) is 1. The van der Waals surface area contributed by atoms with Gasteiger partial charge in [-0.15, -0.1) is 0 Å². The molecule has 0 spiro atoms. The molecule has 108 valence electrons. The number of nitro benzene ring substituents is 1. The molecule has 0 radical (unpaired) electrons. The predicted octanol–water partition coefficient (Wildman–Crippen LogP) is 1.36. The van der Waals surface area contributed by atoms with Gasteiger partial charge in [0.25, 0.3) is 11.6 Å². The van der Waals surface area contributed by atoms with Gasteiger partial charge in [0.2, 0.25) is 0 Å². The van der Waals surface area contributed by atoms with Crippen molar-refractivity contribution in [2.75, 3.05) is 11.9 Å². The van der Waals surface area contributed by atoms with Gasteiger partial charge in [-0.1, -0.05) is 0 Å². The summed E-state index contributed by atoms with van der Waals surface area (Å²) in [5, 5.41) is 21.9. The lowest BCUT2D eigenvalue weighted by Gasteiger charge is -2.07. The summed E-state index contributed by atoms with van der Waals surface area (Å²) >= 11 is 0. The van der Waals surface area contributed by atoms with Crippen LogP contribution in [-0.4, -0.2) is 23.4 Å². The van der Waals surface area contributed by atoms with Crippen molar-refractivity contribution in [1.82, 2.24) is 0 Å². The van der Waals surface area contributed by atoms with E-state index in [1.807, 2.05) is 0 Å². The highest BCUT2D eigenvalue weighted by Gasteiger charge is 2.31. The lowest BCUT2D eigenvalue weighted by molar-refractivity contribution is -0.384. The van der Waals surface area contributed by atoms with E-state index in [0.717, 1.165) is 18.9 Å². The Bertz CT molecular complexity index is 646. The largest absolute Gasteiger partial charge is 0.455 e. The maximum absolute atomic E-state index is 11.6. The van der Waals surface area contributed by atoms with Gasteiger partial charge in [-0.2, -0.15) is 5.26 Å². The number of amides is 1. The second kappa shape index (κ2) is 6.00. The van der Waals surface area contributed by atoms with E-state index in [9.17, 15) is 19.7 Å². The van der Waals surface area contributed by atoms with Crippen LogP contribution in [0.5, 0.6) is 0 Å². The Morgan fingerprint density at radius 3 is 2.76 bits per heavy atom. The molecule has 8 heteroatoms. The molecule has 1 fully saturated rings. The fourth-order valence-corrected chi connectivity index (χ4v) is 1.61. The normalized spacial score (nSPS) is 13.1. The molecule has 2 rings (SSSR count). The van der Waals surface area contributed by atoms with E-state index in [4.69, 9.17) is 10.00 Å².